The molecular formula is C18H27NO3. The van der Waals surface area contributed by atoms with Gasteiger partial charge in [-0.1, -0.05) is 23.8 Å². The Morgan fingerprint density at radius 1 is 1.36 bits per heavy atom. The van der Waals surface area contributed by atoms with Crippen molar-refractivity contribution in [2.24, 2.45) is 5.92 Å². The van der Waals surface area contributed by atoms with Crippen molar-refractivity contribution in [1.29, 1.82) is 0 Å². The summed E-state index contributed by atoms with van der Waals surface area (Å²) in [4.78, 5) is 13.8. The highest BCUT2D eigenvalue weighted by atomic mass is 16.6. The maximum absolute atomic E-state index is 12.1. The normalized spacial score (nSPS) is 20.1. The Morgan fingerprint density at radius 2 is 2.05 bits per heavy atom. The second-order valence-electron chi connectivity index (χ2n) is 7.28. The molecular weight excluding hydrogens is 278 g/mol. The number of aryl methyl sites for hydroxylation is 2. The van der Waals surface area contributed by atoms with Crippen molar-refractivity contribution in [3.8, 4) is 0 Å². The lowest BCUT2D eigenvalue weighted by atomic mass is 9.91. The molecule has 1 aliphatic heterocycles. The van der Waals surface area contributed by atoms with Gasteiger partial charge in [0.1, 0.15) is 5.60 Å². The summed E-state index contributed by atoms with van der Waals surface area (Å²) in [7, 11) is 0. The second kappa shape index (κ2) is 6.29. The maximum atomic E-state index is 12.1. The monoisotopic (exact) mass is 305 g/mol. The van der Waals surface area contributed by atoms with Crippen molar-refractivity contribution in [3.63, 3.8) is 0 Å². The van der Waals surface area contributed by atoms with Crippen molar-refractivity contribution >= 4 is 6.09 Å². The lowest BCUT2D eigenvalue weighted by Gasteiger charge is -2.25. The molecule has 1 saturated heterocycles. The molecule has 0 aromatic heterocycles. The number of likely N-dealkylation sites (tertiary alicyclic amines) is 1. The van der Waals surface area contributed by atoms with Crippen LogP contribution in [0.3, 0.4) is 0 Å². The van der Waals surface area contributed by atoms with E-state index in [-0.39, 0.29) is 12.0 Å². The Hall–Kier alpha value is -1.55. The van der Waals surface area contributed by atoms with Crippen molar-refractivity contribution in [3.05, 3.63) is 34.9 Å². The number of hydrogen-bond acceptors (Lipinski definition) is 3. The van der Waals surface area contributed by atoms with E-state index >= 15 is 0 Å². The molecule has 1 aliphatic rings. The third kappa shape index (κ3) is 4.01. The number of rotatable bonds is 2. The van der Waals surface area contributed by atoms with E-state index in [1.54, 1.807) is 4.90 Å². The third-order valence-corrected chi connectivity index (χ3v) is 4.08. The topological polar surface area (TPSA) is 49.8 Å². The zero-order valence-electron chi connectivity index (χ0n) is 14.2. The molecule has 0 radical (unpaired) electrons. The van der Waals surface area contributed by atoms with Gasteiger partial charge in [-0.15, -0.1) is 0 Å². The molecule has 1 N–H and O–H groups in total. The Balaban J connectivity index is 2.03. The summed E-state index contributed by atoms with van der Waals surface area (Å²) in [5.41, 5.74) is 2.72. The van der Waals surface area contributed by atoms with Crippen LogP contribution < -0.4 is 0 Å². The smallest absolute Gasteiger partial charge is 0.410 e. The van der Waals surface area contributed by atoms with Crippen LogP contribution in [-0.4, -0.2) is 34.8 Å². The predicted octanol–water partition coefficient (Wildman–Crippen LogP) is 3.59. The van der Waals surface area contributed by atoms with E-state index in [1.165, 1.54) is 0 Å². The van der Waals surface area contributed by atoms with E-state index in [9.17, 15) is 9.90 Å². The molecule has 0 aliphatic carbocycles. The van der Waals surface area contributed by atoms with Crippen LogP contribution in [0.15, 0.2) is 18.2 Å². The van der Waals surface area contributed by atoms with Crippen LogP contribution in [0.5, 0.6) is 0 Å². The molecule has 0 saturated carbocycles. The minimum Gasteiger partial charge on any atom is -0.444 e. The van der Waals surface area contributed by atoms with Gasteiger partial charge in [0.05, 0.1) is 6.10 Å². The van der Waals surface area contributed by atoms with Gasteiger partial charge in [0.2, 0.25) is 0 Å². The molecule has 0 bridgehead atoms. The highest BCUT2D eigenvalue weighted by molar-refractivity contribution is 5.68. The molecule has 0 spiro atoms. The number of benzene rings is 1. The van der Waals surface area contributed by atoms with Gasteiger partial charge in [-0.2, -0.15) is 0 Å². The van der Waals surface area contributed by atoms with E-state index in [0.29, 0.717) is 13.1 Å². The largest absolute Gasteiger partial charge is 0.444 e. The summed E-state index contributed by atoms with van der Waals surface area (Å²) in [5, 5.41) is 10.7. The van der Waals surface area contributed by atoms with E-state index in [0.717, 1.165) is 23.1 Å². The second-order valence-corrected chi connectivity index (χ2v) is 7.28. The zero-order valence-corrected chi connectivity index (χ0v) is 14.2. The van der Waals surface area contributed by atoms with Gasteiger partial charge in [0.15, 0.2) is 0 Å². The average molecular weight is 305 g/mol. The molecule has 122 valence electrons. The quantitative estimate of drug-likeness (QED) is 0.908. The minimum absolute atomic E-state index is 0.0630. The summed E-state index contributed by atoms with van der Waals surface area (Å²) >= 11 is 0. The maximum Gasteiger partial charge on any atom is 0.410 e. The molecule has 2 unspecified atom stereocenters. The first-order valence-corrected chi connectivity index (χ1v) is 7.90. The molecule has 2 atom stereocenters. The zero-order chi connectivity index (χ0) is 16.5. The molecule has 1 fully saturated rings. The number of carbonyl (C=O) groups is 1. The Morgan fingerprint density at radius 3 is 2.68 bits per heavy atom. The number of aliphatic hydroxyl groups is 1. The number of ether oxygens (including phenoxy) is 1. The Bertz CT molecular complexity index is 548. The highest BCUT2D eigenvalue weighted by Gasteiger charge is 2.34. The van der Waals surface area contributed by atoms with Crippen LogP contribution in [0, 0.1) is 19.8 Å². The van der Waals surface area contributed by atoms with E-state index in [2.05, 4.69) is 0 Å². The van der Waals surface area contributed by atoms with Crippen LogP contribution in [0.2, 0.25) is 0 Å². The molecule has 22 heavy (non-hydrogen) atoms. The predicted molar refractivity (Wildman–Crippen MR) is 86.8 cm³/mol. The van der Waals surface area contributed by atoms with Crippen LogP contribution in [0.4, 0.5) is 4.79 Å². The van der Waals surface area contributed by atoms with E-state index in [1.807, 2.05) is 52.8 Å². The van der Waals surface area contributed by atoms with Gasteiger partial charge >= 0.3 is 6.09 Å². The number of carbonyl (C=O) groups excluding carboxylic acids is 1. The Labute approximate surface area is 133 Å². The molecule has 1 amide bonds. The molecule has 1 heterocycles. The van der Waals surface area contributed by atoms with Gasteiger partial charge < -0.3 is 14.7 Å². The van der Waals surface area contributed by atoms with Gasteiger partial charge in [-0.25, -0.2) is 4.79 Å². The fourth-order valence-electron chi connectivity index (χ4n) is 2.87. The Kier molecular flexibility index (Phi) is 4.81. The van der Waals surface area contributed by atoms with Gasteiger partial charge in [-0.05, 0) is 52.2 Å². The lowest BCUT2D eigenvalue weighted by molar-refractivity contribution is 0.0268. The first kappa shape index (κ1) is 16.8. The van der Waals surface area contributed by atoms with Crippen molar-refractivity contribution < 1.29 is 14.6 Å². The third-order valence-electron chi connectivity index (χ3n) is 4.08. The number of nitrogens with zero attached hydrogens (tertiary/aromatic N) is 1. The lowest BCUT2D eigenvalue weighted by Crippen LogP contribution is -2.35. The van der Waals surface area contributed by atoms with Gasteiger partial charge in [0, 0.05) is 19.0 Å². The number of aliphatic hydroxyl groups excluding tert-OH is 1. The first-order valence-electron chi connectivity index (χ1n) is 7.90. The van der Waals surface area contributed by atoms with Crippen LogP contribution in [0.1, 0.15) is 50.0 Å². The summed E-state index contributed by atoms with van der Waals surface area (Å²) in [6.45, 7) is 10.8. The summed E-state index contributed by atoms with van der Waals surface area (Å²) < 4.78 is 5.40. The first-order chi connectivity index (χ1) is 10.2. The highest BCUT2D eigenvalue weighted by Crippen LogP contribution is 2.32. The minimum atomic E-state index is -0.535. The van der Waals surface area contributed by atoms with Gasteiger partial charge in [-0.3, -0.25) is 0 Å². The molecule has 1 aromatic carbocycles. The van der Waals surface area contributed by atoms with Crippen molar-refractivity contribution in [2.75, 3.05) is 13.1 Å². The summed E-state index contributed by atoms with van der Waals surface area (Å²) in [5.74, 6) is 0.0630. The summed E-state index contributed by atoms with van der Waals surface area (Å²) in [6.07, 6.45) is -0.0242. The molecule has 1 aromatic rings. The average Bonchev–Trinajstić information content (AvgIpc) is 2.88. The summed E-state index contributed by atoms with van der Waals surface area (Å²) in [6, 6.07) is 6.12. The molecule has 4 nitrogen and oxygen atoms in total. The van der Waals surface area contributed by atoms with Crippen molar-refractivity contribution in [1.82, 2.24) is 4.90 Å². The van der Waals surface area contributed by atoms with Crippen LogP contribution in [0.25, 0.3) is 0 Å². The standard InChI is InChI=1S/C18H27NO3/c1-12-6-7-13(2)15(10-12)16(20)14-8-9-19(11-14)17(21)22-18(3,4)5/h6-7,10,14,16,20H,8-9,11H2,1-5H3. The van der Waals surface area contributed by atoms with E-state index in [4.69, 9.17) is 4.74 Å². The van der Waals surface area contributed by atoms with E-state index < -0.39 is 11.7 Å². The molecule has 4 heteroatoms. The molecule has 2 rings (SSSR count). The fraction of sp³-hybridized carbons (Fsp3) is 0.611. The van der Waals surface area contributed by atoms with Gasteiger partial charge in [0.25, 0.3) is 0 Å². The number of amides is 1. The number of hydrogen-bond donors (Lipinski definition) is 1. The fourth-order valence-corrected chi connectivity index (χ4v) is 2.87. The van der Waals surface area contributed by atoms with Crippen LogP contribution in [-0.2, 0) is 4.74 Å². The SMILES string of the molecule is Cc1ccc(C)c(C(O)C2CCN(C(=O)OC(C)(C)C)C2)c1. The van der Waals surface area contributed by atoms with Crippen molar-refractivity contribution in [2.45, 2.75) is 52.7 Å². The van der Waals surface area contributed by atoms with Crippen LogP contribution >= 0.6 is 0 Å².